The predicted molar refractivity (Wildman–Crippen MR) is 151 cm³/mol. The number of anilines is 1. The second-order valence-electron chi connectivity index (χ2n) is 9.07. The topological polar surface area (TPSA) is 111 Å². The van der Waals surface area contributed by atoms with Gasteiger partial charge in [-0.2, -0.15) is 0 Å². The highest BCUT2D eigenvalue weighted by atomic mass is 32.2. The Balaban J connectivity index is 1.38. The fourth-order valence-electron chi connectivity index (χ4n) is 4.56. The molecule has 0 radical (unpaired) electrons. The van der Waals surface area contributed by atoms with E-state index in [2.05, 4.69) is 10.2 Å². The number of amides is 1. The third-order valence-electron chi connectivity index (χ3n) is 6.57. The summed E-state index contributed by atoms with van der Waals surface area (Å²) < 4.78 is 30.3. The van der Waals surface area contributed by atoms with Gasteiger partial charge in [-0.25, -0.2) is 4.39 Å². The lowest BCUT2D eigenvalue weighted by molar-refractivity contribution is -0.132. The molecule has 3 aromatic carbocycles. The Morgan fingerprint density at radius 1 is 1.05 bits per heavy atom. The van der Waals surface area contributed by atoms with Gasteiger partial charge >= 0.3 is 5.91 Å². The molecule has 0 bridgehead atoms. The summed E-state index contributed by atoms with van der Waals surface area (Å²) in [6.07, 6.45) is 0. The maximum atomic E-state index is 13.5. The number of nitrogens with zero attached hydrogens (tertiary/aromatic N) is 3. The number of carbonyl (C=O) groups is 2. The van der Waals surface area contributed by atoms with Gasteiger partial charge in [-0.15, -0.1) is 10.2 Å². The lowest BCUT2D eigenvalue weighted by Crippen LogP contribution is -2.29. The molecule has 3 heterocycles. The van der Waals surface area contributed by atoms with Gasteiger partial charge in [-0.3, -0.25) is 14.5 Å². The number of methoxy groups -OCH3 is 1. The zero-order valence-corrected chi connectivity index (χ0v) is 23.2. The van der Waals surface area contributed by atoms with Gasteiger partial charge in [0, 0.05) is 11.3 Å². The van der Waals surface area contributed by atoms with Gasteiger partial charge in [0.25, 0.3) is 5.78 Å². The normalized spacial score (nSPS) is 17.6. The lowest BCUT2D eigenvalue weighted by atomic mass is 9.95. The molecule has 2 aliphatic heterocycles. The van der Waals surface area contributed by atoms with Crippen LogP contribution in [0.2, 0.25) is 0 Å². The zero-order chi connectivity index (χ0) is 28.5. The highest BCUT2D eigenvalue weighted by Crippen LogP contribution is 2.45. The Morgan fingerprint density at radius 2 is 1.78 bits per heavy atom. The van der Waals surface area contributed by atoms with E-state index in [4.69, 9.17) is 14.2 Å². The number of benzene rings is 3. The van der Waals surface area contributed by atoms with Crippen LogP contribution in [-0.2, 0) is 15.3 Å². The van der Waals surface area contributed by atoms with Crippen LogP contribution >= 0.6 is 23.1 Å². The van der Waals surface area contributed by atoms with Crippen LogP contribution in [0.3, 0.4) is 0 Å². The molecule has 1 N–H and O–H groups in total. The summed E-state index contributed by atoms with van der Waals surface area (Å²) in [4.78, 5) is 28.2. The van der Waals surface area contributed by atoms with Gasteiger partial charge < -0.3 is 19.3 Å². The van der Waals surface area contributed by atoms with Crippen molar-refractivity contribution in [2.75, 3.05) is 25.2 Å². The van der Waals surface area contributed by atoms with E-state index in [1.165, 1.54) is 35.9 Å². The minimum Gasteiger partial charge on any atom is -0.507 e. The van der Waals surface area contributed by atoms with Crippen LogP contribution in [0.1, 0.15) is 22.7 Å². The molecule has 0 spiro atoms. The van der Waals surface area contributed by atoms with Crippen molar-refractivity contribution < 1.29 is 33.3 Å². The Kier molecular flexibility index (Phi) is 7.33. The van der Waals surface area contributed by atoms with E-state index in [9.17, 15) is 19.1 Å². The molecule has 12 heteroatoms. The second kappa shape index (κ2) is 11.2. The quantitative estimate of drug-likeness (QED) is 0.0996. The van der Waals surface area contributed by atoms with E-state index in [0.29, 0.717) is 51.7 Å². The van der Waals surface area contributed by atoms with Crippen LogP contribution in [0.25, 0.3) is 5.76 Å². The number of aromatic nitrogens is 2. The molecule has 1 amide bonds. The Hall–Kier alpha value is -4.42. The molecule has 1 aromatic heterocycles. The van der Waals surface area contributed by atoms with Gasteiger partial charge in [0.1, 0.15) is 30.5 Å². The number of hydrogen-bond donors (Lipinski definition) is 1. The van der Waals surface area contributed by atoms with Crippen molar-refractivity contribution in [1.29, 1.82) is 0 Å². The second-order valence-corrected chi connectivity index (χ2v) is 11.2. The summed E-state index contributed by atoms with van der Waals surface area (Å²) in [6, 6.07) is 16.9. The third kappa shape index (κ3) is 5.23. The fourth-order valence-corrected chi connectivity index (χ4v) is 6.38. The van der Waals surface area contributed by atoms with E-state index in [1.807, 2.05) is 0 Å². The number of Topliss-reactive ketones (excluding diaryl/α,β-unsaturated/α-hetero) is 1. The van der Waals surface area contributed by atoms with Crippen molar-refractivity contribution in [2.45, 2.75) is 16.1 Å². The van der Waals surface area contributed by atoms with Gasteiger partial charge in [-0.05, 0) is 53.6 Å². The standard InChI is InChI=1S/C29H22FN3O6S2/c1-37-20-9-4-17(5-10-20)24-23(25(34)18-6-11-21-22(14-18)39-13-12-38-21)26(35)27(36)33(24)28-31-32-29(41-28)40-15-16-2-7-19(30)8-3-16/h2-11,14,24,34H,12-13,15H2,1H3/b25-23+/t24-/m1/s1. The smallest absolute Gasteiger partial charge is 0.301 e. The maximum Gasteiger partial charge on any atom is 0.301 e. The minimum absolute atomic E-state index is 0.0902. The summed E-state index contributed by atoms with van der Waals surface area (Å²) in [5, 5.41) is 20.1. The minimum atomic E-state index is -0.975. The first-order valence-corrected chi connectivity index (χ1v) is 14.3. The number of ketones is 1. The first-order valence-electron chi connectivity index (χ1n) is 12.5. The SMILES string of the molecule is COc1ccc([C@@H]2/C(=C(\O)c3ccc4c(c3)OCCO4)C(=O)C(=O)N2c2nnc(SCc3ccc(F)cc3)s2)cc1. The summed E-state index contributed by atoms with van der Waals surface area (Å²) >= 11 is 2.52. The molecule has 0 saturated carbocycles. The van der Waals surface area contributed by atoms with Gasteiger partial charge in [0.05, 0.1) is 18.7 Å². The molecule has 41 heavy (non-hydrogen) atoms. The molecular weight excluding hydrogens is 569 g/mol. The van der Waals surface area contributed by atoms with E-state index >= 15 is 0 Å². The molecule has 6 rings (SSSR count). The predicted octanol–water partition coefficient (Wildman–Crippen LogP) is 5.38. The van der Waals surface area contributed by atoms with E-state index in [0.717, 1.165) is 16.9 Å². The molecule has 0 aliphatic carbocycles. The molecule has 0 unspecified atom stereocenters. The highest BCUT2D eigenvalue weighted by molar-refractivity contribution is 8.00. The first-order chi connectivity index (χ1) is 19.9. The van der Waals surface area contributed by atoms with E-state index in [-0.39, 0.29) is 22.3 Å². The maximum absolute atomic E-state index is 13.5. The summed E-state index contributed by atoms with van der Waals surface area (Å²) in [6.45, 7) is 0.763. The van der Waals surface area contributed by atoms with Crippen LogP contribution in [0.5, 0.6) is 17.2 Å². The van der Waals surface area contributed by atoms with Crippen LogP contribution in [-0.4, -0.2) is 47.3 Å². The molecule has 9 nitrogen and oxygen atoms in total. The Labute approximate surface area is 242 Å². The average Bonchev–Trinajstić information content (AvgIpc) is 3.58. The van der Waals surface area contributed by atoms with Crippen LogP contribution in [0, 0.1) is 5.82 Å². The Morgan fingerprint density at radius 3 is 2.51 bits per heavy atom. The number of aliphatic hydroxyl groups is 1. The van der Waals surface area contributed by atoms with Gasteiger partial charge in [-0.1, -0.05) is 47.4 Å². The molecular formula is C29H22FN3O6S2. The number of rotatable bonds is 7. The highest BCUT2D eigenvalue weighted by Gasteiger charge is 2.48. The molecule has 208 valence electrons. The van der Waals surface area contributed by atoms with Crippen molar-refractivity contribution in [2.24, 2.45) is 0 Å². The van der Waals surface area contributed by atoms with Crippen molar-refractivity contribution in [3.63, 3.8) is 0 Å². The summed E-state index contributed by atoms with van der Waals surface area (Å²) in [5.41, 5.74) is 1.68. The van der Waals surface area contributed by atoms with E-state index < -0.39 is 17.7 Å². The van der Waals surface area contributed by atoms with Gasteiger partial charge in [0.2, 0.25) is 5.13 Å². The number of ether oxygens (including phenoxy) is 3. The molecule has 4 aromatic rings. The third-order valence-corrected chi connectivity index (χ3v) is 8.70. The Bertz CT molecular complexity index is 1660. The largest absolute Gasteiger partial charge is 0.507 e. The lowest BCUT2D eigenvalue weighted by Gasteiger charge is -2.23. The molecule has 2 aliphatic rings. The van der Waals surface area contributed by atoms with Crippen molar-refractivity contribution in [3.8, 4) is 17.2 Å². The molecule has 1 atom stereocenters. The van der Waals surface area contributed by atoms with Crippen LogP contribution in [0.4, 0.5) is 9.52 Å². The van der Waals surface area contributed by atoms with Crippen molar-refractivity contribution in [3.05, 3.63) is 94.8 Å². The number of carbonyl (C=O) groups excluding carboxylic acids is 2. The fraction of sp³-hybridized carbons (Fsp3) is 0.172. The van der Waals surface area contributed by atoms with Crippen LogP contribution < -0.4 is 19.1 Å². The number of thioether (sulfide) groups is 1. The first kappa shape index (κ1) is 26.8. The molecule has 1 saturated heterocycles. The van der Waals surface area contributed by atoms with Crippen LogP contribution in [0.15, 0.2) is 76.6 Å². The number of hydrogen-bond acceptors (Lipinski definition) is 10. The number of fused-ring (bicyclic) bond motifs is 1. The average molecular weight is 592 g/mol. The molecule has 1 fully saturated rings. The summed E-state index contributed by atoms with van der Waals surface area (Å²) in [7, 11) is 1.54. The monoisotopic (exact) mass is 591 g/mol. The number of aliphatic hydroxyl groups excluding tert-OH is 1. The van der Waals surface area contributed by atoms with Crippen molar-refractivity contribution in [1.82, 2.24) is 10.2 Å². The zero-order valence-electron chi connectivity index (χ0n) is 21.6. The number of halogens is 1. The van der Waals surface area contributed by atoms with E-state index in [1.54, 1.807) is 54.6 Å². The van der Waals surface area contributed by atoms with Crippen molar-refractivity contribution >= 4 is 45.7 Å². The van der Waals surface area contributed by atoms with Gasteiger partial charge in [0.15, 0.2) is 15.8 Å². The summed E-state index contributed by atoms with van der Waals surface area (Å²) in [5.74, 6) is -0.291.